The van der Waals surface area contributed by atoms with E-state index in [-0.39, 0.29) is 12.5 Å². The van der Waals surface area contributed by atoms with Gasteiger partial charge >= 0.3 is 0 Å². The number of hydrogen-bond acceptors (Lipinski definition) is 3. The molecule has 72 valence electrons. The number of amides is 1. The number of carbonyl (C=O) groups is 1. The zero-order chi connectivity index (χ0) is 9.68. The molecule has 1 aromatic heterocycles. The van der Waals surface area contributed by atoms with Gasteiger partial charge in [-0.2, -0.15) is 0 Å². The van der Waals surface area contributed by atoms with E-state index in [0.717, 1.165) is 0 Å². The maximum atomic E-state index is 11.3. The molecule has 0 radical (unpaired) electrons. The van der Waals surface area contributed by atoms with Crippen LogP contribution in [0.3, 0.4) is 0 Å². The SMILES string of the molecule is O=C(NCCCO)c1ccoc1Br. The average molecular weight is 248 g/mol. The van der Waals surface area contributed by atoms with Crippen molar-refractivity contribution in [1.82, 2.24) is 5.32 Å². The summed E-state index contributed by atoms with van der Waals surface area (Å²) >= 11 is 3.10. The lowest BCUT2D eigenvalue weighted by molar-refractivity contribution is 0.0949. The van der Waals surface area contributed by atoms with E-state index in [1.54, 1.807) is 6.07 Å². The van der Waals surface area contributed by atoms with Crippen LogP contribution in [0.2, 0.25) is 0 Å². The summed E-state index contributed by atoms with van der Waals surface area (Å²) in [6, 6.07) is 1.58. The Labute approximate surface area is 84.1 Å². The predicted octanol–water partition coefficient (Wildman–Crippen LogP) is 1.15. The first-order valence-corrected chi connectivity index (χ1v) is 4.67. The molecule has 1 amide bonds. The number of hydrogen-bond donors (Lipinski definition) is 2. The topological polar surface area (TPSA) is 62.5 Å². The quantitative estimate of drug-likeness (QED) is 0.786. The van der Waals surface area contributed by atoms with Gasteiger partial charge in [0.05, 0.1) is 11.8 Å². The summed E-state index contributed by atoms with van der Waals surface area (Å²) in [7, 11) is 0. The van der Waals surface area contributed by atoms with Crippen molar-refractivity contribution in [2.45, 2.75) is 6.42 Å². The minimum absolute atomic E-state index is 0.0762. The van der Waals surface area contributed by atoms with E-state index in [1.807, 2.05) is 0 Å². The van der Waals surface area contributed by atoms with Crippen LogP contribution < -0.4 is 5.32 Å². The average Bonchev–Trinajstić information content (AvgIpc) is 2.52. The molecule has 4 nitrogen and oxygen atoms in total. The predicted molar refractivity (Wildman–Crippen MR) is 50.4 cm³/mol. The summed E-state index contributed by atoms with van der Waals surface area (Å²) in [6.45, 7) is 0.541. The highest BCUT2D eigenvalue weighted by Crippen LogP contribution is 2.16. The van der Waals surface area contributed by atoms with E-state index in [0.29, 0.717) is 23.2 Å². The lowest BCUT2D eigenvalue weighted by Gasteiger charge is -2.01. The van der Waals surface area contributed by atoms with Crippen LogP contribution in [0.4, 0.5) is 0 Å². The smallest absolute Gasteiger partial charge is 0.255 e. The minimum atomic E-state index is -0.200. The van der Waals surface area contributed by atoms with Crippen LogP contribution in [0.15, 0.2) is 21.4 Å². The molecule has 0 saturated carbocycles. The third kappa shape index (κ3) is 2.86. The van der Waals surface area contributed by atoms with Crippen molar-refractivity contribution in [3.05, 3.63) is 22.6 Å². The second-order valence-corrected chi connectivity index (χ2v) is 3.16. The number of rotatable bonds is 4. The Balaban J connectivity index is 2.45. The fraction of sp³-hybridized carbons (Fsp3) is 0.375. The van der Waals surface area contributed by atoms with E-state index < -0.39 is 0 Å². The van der Waals surface area contributed by atoms with Gasteiger partial charge in [-0.15, -0.1) is 0 Å². The molecule has 1 heterocycles. The number of aliphatic hydroxyl groups excluding tert-OH is 1. The Morgan fingerprint density at radius 2 is 2.46 bits per heavy atom. The van der Waals surface area contributed by atoms with E-state index >= 15 is 0 Å². The van der Waals surface area contributed by atoms with Gasteiger partial charge in [-0.1, -0.05) is 0 Å². The zero-order valence-electron chi connectivity index (χ0n) is 6.92. The maximum Gasteiger partial charge on any atom is 0.255 e. The standard InChI is InChI=1S/C8H10BrNO3/c9-7-6(2-5-13-7)8(12)10-3-1-4-11/h2,5,11H,1,3-4H2,(H,10,12). The molecule has 0 spiro atoms. The van der Waals surface area contributed by atoms with Crippen LogP contribution in [0, 0.1) is 0 Å². The third-order valence-electron chi connectivity index (χ3n) is 1.48. The summed E-state index contributed by atoms with van der Waals surface area (Å²) in [6.07, 6.45) is 1.99. The van der Waals surface area contributed by atoms with Crippen LogP contribution in [0.5, 0.6) is 0 Å². The Morgan fingerprint density at radius 3 is 3.00 bits per heavy atom. The van der Waals surface area contributed by atoms with Gasteiger partial charge in [0.1, 0.15) is 0 Å². The first-order valence-electron chi connectivity index (χ1n) is 3.87. The molecule has 0 fully saturated rings. The van der Waals surface area contributed by atoms with Crippen molar-refractivity contribution in [2.75, 3.05) is 13.2 Å². The van der Waals surface area contributed by atoms with Gasteiger partial charge in [-0.25, -0.2) is 0 Å². The fourth-order valence-corrected chi connectivity index (χ4v) is 1.25. The molecule has 1 aromatic rings. The van der Waals surface area contributed by atoms with E-state index in [4.69, 9.17) is 9.52 Å². The Bertz CT molecular complexity index is 285. The number of aliphatic hydroxyl groups is 1. The van der Waals surface area contributed by atoms with Gasteiger partial charge in [0.25, 0.3) is 5.91 Å². The first-order chi connectivity index (χ1) is 6.25. The number of halogens is 1. The first kappa shape index (κ1) is 10.3. The molecule has 0 aliphatic heterocycles. The summed E-state index contributed by atoms with van der Waals surface area (Å²) in [5, 5.41) is 11.1. The van der Waals surface area contributed by atoms with Crippen LogP contribution in [-0.2, 0) is 0 Å². The molecule has 1 rings (SSSR count). The van der Waals surface area contributed by atoms with E-state index in [9.17, 15) is 4.79 Å². The molecule has 0 saturated heterocycles. The van der Waals surface area contributed by atoms with Crippen molar-refractivity contribution in [1.29, 1.82) is 0 Å². The molecule has 0 aromatic carbocycles. The Morgan fingerprint density at radius 1 is 1.69 bits per heavy atom. The number of nitrogens with one attached hydrogen (secondary N) is 1. The van der Waals surface area contributed by atoms with Gasteiger partial charge in [-0.05, 0) is 28.4 Å². The second-order valence-electron chi connectivity index (χ2n) is 2.44. The molecule has 0 unspecified atom stereocenters. The lowest BCUT2D eigenvalue weighted by Crippen LogP contribution is -2.24. The third-order valence-corrected chi connectivity index (χ3v) is 2.10. The van der Waals surface area contributed by atoms with Gasteiger partial charge in [0, 0.05) is 13.2 Å². The molecular weight excluding hydrogens is 238 g/mol. The number of furan rings is 1. The summed E-state index contributed by atoms with van der Waals surface area (Å²) in [5.41, 5.74) is 0.470. The molecule has 5 heteroatoms. The zero-order valence-corrected chi connectivity index (χ0v) is 8.50. The molecule has 0 bridgehead atoms. The van der Waals surface area contributed by atoms with Gasteiger partial charge in [0.2, 0.25) is 0 Å². The van der Waals surface area contributed by atoms with E-state index in [1.165, 1.54) is 6.26 Å². The Kier molecular flexibility index (Phi) is 3.98. The monoisotopic (exact) mass is 247 g/mol. The highest BCUT2D eigenvalue weighted by Gasteiger charge is 2.10. The van der Waals surface area contributed by atoms with E-state index in [2.05, 4.69) is 21.2 Å². The van der Waals surface area contributed by atoms with Gasteiger partial charge in [0.15, 0.2) is 4.67 Å². The molecular formula is C8H10BrNO3. The van der Waals surface area contributed by atoms with Crippen LogP contribution in [-0.4, -0.2) is 24.2 Å². The number of carbonyl (C=O) groups excluding carboxylic acids is 1. The van der Waals surface area contributed by atoms with Crippen LogP contribution in [0.1, 0.15) is 16.8 Å². The highest BCUT2D eigenvalue weighted by atomic mass is 79.9. The maximum absolute atomic E-state index is 11.3. The largest absolute Gasteiger partial charge is 0.457 e. The summed E-state index contributed by atoms with van der Waals surface area (Å²) in [4.78, 5) is 11.3. The summed E-state index contributed by atoms with van der Waals surface area (Å²) in [5.74, 6) is -0.200. The molecule has 2 N–H and O–H groups in total. The van der Waals surface area contributed by atoms with Crippen LogP contribution in [0.25, 0.3) is 0 Å². The summed E-state index contributed by atoms with van der Waals surface area (Å²) < 4.78 is 5.32. The molecule has 0 atom stereocenters. The minimum Gasteiger partial charge on any atom is -0.457 e. The van der Waals surface area contributed by atoms with Crippen LogP contribution >= 0.6 is 15.9 Å². The van der Waals surface area contributed by atoms with Gasteiger partial charge in [-0.3, -0.25) is 4.79 Å². The van der Waals surface area contributed by atoms with Crippen molar-refractivity contribution in [3.8, 4) is 0 Å². The molecule has 0 aliphatic carbocycles. The van der Waals surface area contributed by atoms with Crippen molar-refractivity contribution in [3.63, 3.8) is 0 Å². The highest BCUT2D eigenvalue weighted by molar-refractivity contribution is 9.10. The van der Waals surface area contributed by atoms with Gasteiger partial charge < -0.3 is 14.8 Å². The van der Waals surface area contributed by atoms with Crippen molar-refractivity contribution >= 4 is 21.8 Å². The molecule has 13 heavy (non-hydrogen) atoms. The second kappa shape index (κ2) is 5.04. The Hall–Kier alpha value is -0.810. The fourth-order valence-electron chi connectivity index (χ4n) is 0.832. The van der Waals surface area contributed by atoms with Crippen molar-refractivity contribution in [2.24, 2.45) is 0 Å². The normalized spacial score (nSPS) is 10.0. The molecule has 0 aliphatic rings. The lowest BCUT2D eigenvalue weighted by atomic mass is 10.3. The van der Waals surface area contributed by atoms with Crippen molar-refractivity contribution < 1.29 is 14.3 Å².